The number of hydrogen-bond acceptors (Lipinski definition) is 4. The van der Waals surface area contributed by atoms with E-state index >= 15 is 0 Å². The molecular weight excluding hydrogens is 272 g/mol. The minimum absolute atomic E-state index is 0.178. The summed E-state index contributed by atoms with van der Waals surface area (Å²) in [4.78, 5) is 34.7. The van der Waals surface area contributed by atoms with Crippen molar-refractivity contribution in [1.29, 1.82) is 0 Å². The normalized spacial score (nSPS) is 11.9. The summed E-state index contributed by atoms with van der Waals surface area (Å²) in [5.41, 5.74) is 0.123. The summed E-state index contributed by atoms with van der Waals surface area (Å²) in [6.45, 7) is 3.04. The van der Waals surface area contributed by atoms with Gasteiger partial charge >= 0.3 is 0 Å². The molecule has 2 rings (SSSR count). The number of nitrogens with zero attached hydrogens (tertiary/aromatic N) is 2. The van der Waals surface area contributed by atoms with Crippen LogP contribution >= 0.6 is 0 Å². The molecule has 1 unspecified atom stereocenters. The van der Waals surface area contributed by atoms with Crippen LogP contribution in [0, 0.1) is 17.0 Å². The molecule has 6 heteroatoms. The largest absolute Gasteiger partial charge is 0.298 e. The van der Waals surface area contributed by atoms with Crippen LogP contribution < -0.4 is 5.56 Å². The molecule has 0 spiro atoms. The standard InChI is InChI=1S/C15H14N2O4/c1-10-8-14(18)16(9-13(10)17(20)21)11(2)15(19)12-6-4-3-5-7-12/h3-9,11H,1-2H3. The van der Waals surface area contributed by atoms with Crippen molar-refractivity contribution in [2.45, 2.75) is 19.9 Å². The maximum Gasteiger partial charge on any atom is 0.288 e. The molecule has 0 aliphatic rings. The van der Waals surface area contributed by atoms with Crippen LogP contribution in [0.5, 0.6) is 0 Å². The van der Waals surface area contributed by atoms with E-state index in [9.17, 15) is 19.7 Å². The molecule has 0 fully saturated rings. The minimum Gasteiger partial charge on any atom is -0.298 e. The molecule has 0 aliphatic carbocycles. The highest BCUT2D eigenvalue weighted by Gasteiger charge is 2.21. The van der Waals surface area contributed by atoms with E-state index in [0.717, 1.165) is 10.8 Å². The number of hydrogen-bond donors (Lipinski definition) is 0. The highest BCUT2D eigenvalue weighted by molar-refractivity contribution is 5.98. The van der Waals surface area contributed by atoms with Gasteiger partial charge in [-0.3, -0.25) is 24.3 Å². The molecule has 0 N–H and O–H groups in total. The molecule has 1 heterocycles. The molecule has 0 radical (unpaired) electrons. The lowest BCUT2D eigenvalue weighted by Crippen LogP contribution is -2.28. The lowest BCUT2D eigenvalue weighted by molar-refractivity contribution is -0.386. The number of carbonyl (C=O) groups excluding carboxylic acids is 1. The maximum atomic E-state index is 12.3. The van der Waals surface area contributed by atoms with Crippen molar-refractivity contribution in [2.24, 2.45) is 0 Å². The first kappa shape index (κ1) is 14.6. The van der Waals surface area contributed by atoms with Crippen LogP contribution in [0.25, 0.3) is 0 Å². The summed E-state index contributed by atoms with van der Waals surface area (Å²) >= 11 is 0. The number of aryl methyl sites for hydroxylation is 1. The third-order valence-corrected chi connectivity index (χ3v) is 3.31. The zero-order valence-electron chi connectivity index (χ0n) is 11.6. The van der Waals surface area contributed by atoms with E-state index in [-0.39, 0.29) is 17.0 Å². The SMILES string of the molecule is Cc1cc(=O)n(C(C)C(=O)c2ccccc2)cc1[N+](=O)[O-]. The second-order valence-electron chi connectivity index (χ2n) is 4.75. The Morgan fingerprint density at radius 2 is 1.90 bits per heavy atom. The van der Waals surface area contributed by atoms with E-state index in [1.54, 1.807) is 37.3 Å². The molecule has 0 saturated carbocycles. The first-order valence-electron chi connectivity index (χ1n) is 6.38. The van der Waals surface area contributed by atoms with Crippen LogP contribution in [-0.4, -0.2) is 15.3 Å². The van der Waals surface area contributed by atoms with Gasteiger partial charge < -0.3 is 0 Å². The molecule has 108 valence electrons. The molecule has 0 bridgehead atoms. The zero-order chi connectivity index (χ0) is 15.6. The van der Waals surface area contributed by atoms with Gasteiger partial charge in [-0.1, -0.05) is 30.3 Å². The zero-order valence-corrected chi connectivity index (χ0v) is 11.6. The predicted molar refractivity (Wildman–Crippen MR) is 77.6 cm³/mol. The van der Waals surface area contributed by atoms with Crippen molar-refractivity contribution >= 4 is 11.5 Å². The van der Waals surface area contributed by atoms with E-state index in [0.29, 0.717) is 5.56 Å². The summed E-state index contributed by atoms with van der Waals surface area (Å²) in [5.74, 6) is -0.268. The monoisotopic (exact) mass is 286 g/mol. The molecule has 2 aromatic rings. The van der Waals surface area contributed by atoms with E-state index in [4.69, 9.17) is 0 Å². The fourth-order valence-electron chi connectivity index (χ4n) is 2.09. The number of carbonyl (C=O) groups is 1. The Morgan fingerprint density at radius 3 is 2.48 bits per heavy atom. The topological polar surface area (TPSA) is 82.2 Å². The van der Waals surface area contributed by atoms with Crippen LogP contribution in [0.15, 0.2) is 47.4 Å². The second kappa shape index (κ2) is 5.70. The van der Waals surface area contributed by atoms with Crippen LogP contribution in [0.2, 0.25) is 0 Å². The van der Waals surface area contributed by atoms with Crippen LogP contribution in [-0.2, 0) is 0 Å². The van der Waals surface area contributed by atoms with Crippen LogP contribution in [0.3, 0.4) is 0 Å². The number of rotatable bonds is 4. The third kappa shape index (κ3) is 2.89. The van der Waals surface area contributed by atoms with Crippen LogP contribution in [0.4, 0.5) is 5.69 Å². The summed E-state index contributed by atoms with van der Waals surface area (Å²) in [5, 5.41) is 11.0. The Balaban J connectivity index is 2.46. The van der Waals surface area contributed by atoms with Gasteiger partial charge in [-0.25, -0.2) is 0 Å². The molecule has 0 saturated heterocycles. The Labute approximate surface area is 120 Å². The number of benzene rings is 1. The summed E-state index contributed by atoms with van der Waals surface area (Å²) in [6.07, 6.45) is 1.13. The van der Waals surface area contributed by atoms with Gasteiger partial charge in [0.1, 0.15) is 0 Å². The van der Waals surface area contributed by atoms with E-state index < -0.39 is 16.5 Å². The van der Waals surface area contributed by atoms with Gasteiger partial charge in [-0.2, -0.15) is 0 Å². The molecule has 0 amide bonds. The average Bonchev–Trinajstić information content (AvgIpc) is 2.46. The third-order valence-electron chi connectivity index (χ3n) is 3.31. The highest BCUT2D eigenvalue weighted by atomic mass is 16.6. The van der Waals surface area contributed by atoms with E-state index in [1.165, 1.54) is 13.0 Å². The van der Waals surface area contributed by atoms with Gasteiger partial charge in [0.05, 0.1) is 17.2 Å². The molecule has 1 aromatic carbocycles. The smallest absolute Gasteiger partial charge is 0.288 e. The fourth-order valence-corrected chi connectivity index (χ4v) is 2.09. The average molecular weight is 286 g/mol. The molecule has 1 aromatic heterocycles. The highest BCUT2D eigenvalue weighted by Crippen LogP contribution is 2.18. The first-order chi connectivity index (χ1) is 9.91. The lowest BCUT2D eigenvalue weighted by atomic mass is 10.1. The number of pyridine rings is 1. The Hall–Kier alpha value is -2.76. The second-order valence-corrected chi connectivity index (χ2v) is 4.75. The lowest BCUT2D eigenvalue weighted by Gasteiger charge is -2.14. The Kier molecular flexibility index (Phi) is 3.98. The van der Waals surface area contributed by atoms with Crippen molar-refractivity contribution in [3.05, 3.63) is 74.2 Å². The molecule has 21 heavy (non-hydrogen) atoms. The van der Waals surface area contributed by atoms with Gasteiger partial charge in [0.15, 0.2) is 5.78 Å². The first-order valence-corrected chi connectivity index (χ1v) is 6.38. The maximum absolute atomic E-state index is 12.3. The predicted octanol–water partition coefficient (Wildman–Crippen LogP) is 2.51. The number of aromatic nitrogens is 1. The van der Waals surface area contributed by atoms with Gasteiger partial charge in [0.2, 0.25) is 0 Å². The van der Waals surface area contributed by atoms with Crippen molar-refractivity contribution in [3.63, 3.8) is 0 Å². The van der Waals surface area contributed by atoms with Gasteiger partial charge in [0, 0.05) is 17.2 Å². The molecule has 0 aliphatic heterocycles. The minimum atomic E-state index is -0.806. The van der Waals surface area contributed by atoms with Gasteiger partial charge in [-0.05, 0) is 13.8 Å². The van der Waals surface area contributed by atoms with Crippen molar-refractivity contribution in [1.82, 2.24) is 4.57 Å². The summed E-state index contributed by atoms with van der Waals surface area (Å²) in [6, 6.07) is 8.88. The summed E-state index contributed by atoms with van der Waals surface area (Å²) in [7, 11) is 0. The number of nitro groups is 1. The van der Waals surface area contributed by atoms with Gasteiger partial charge in [-0.15, -0.1) is 0 Å². The Morgan fingerprint density at radius 1 is 1.29 bits per heavy atom. The molecular formula is C15H14N2O4. The van der Waals surface area contributed by atoms with Crippen molar-refractivity contribution in [2.75, 3.05) is 0 Å². The van der Waals surface area contributed by atoms with E-state index in [1.807, 2.05) is 0 Å². The van der Waals surface area contributed by atoms with Crippen molar-refractivity contribution in [3.8, 4) is 0 Å². The molecule has 1 atom stereocenters. The Bertz CT molecular complexity index is 750. The van der Waals surface area contributed by atoms with Gasteiger partial charge in [0.25, 0.3) is 11.2 Å². The fraction of sp³-hybridized carbons (Fsp3) is 0.200. The number of Topliss-reactive ketones (excluding diaryl/α,β-unsaturated/α-hetero) is 1. The quantitative estimate of drug-likeness (QED) is 0.491. The number of ketones is 1. The van der Waals surface area contributed by atoms with Crippen LogP contribution in [0.1, 0.15) is 28.9 Å². The molecule has 6 nitrogen and oxygen atoms in total. The van der Waals surface area contributed by atoms with E-state index in [2.05, 4.69) is 0 Å². The van der Waals surface area contributed by atoms with Crippen molar-refractivity contribution < 1.29 is 9.72 Å². The summed E-state index contributed by atoms with van der Waals surface area (Å²) < 4.78 is 1.10.